The van der Waals surface area contributed by atoms with E-state index in [9.17, 15) is 14.9 Å². The zero-order valence-electron chi connectivity index (χ0n) is 18.2. The average Bonchev–Trinajstić information content (AvgIpc) is 3.40. The Labute approximate surface area is 181 Å². The Kier molecular flexibility index (Phi) is 4.90. The van der Waals surface area contributed by atoms with Crippen molar-refractivity contribution in [3.8, 4) is 0 Å². The third-order valence-corrected chi connectivity index (χ3v) is 7.96. The van der Waals surface area contributed by atoms with Gasteiger partial charge in [0, 0.05) is 19.5 Å². The molecule has 0 aliphatic heterocycles. The molecule has 8 nitrogen and oxygen atoms in total. The van der Waals surface area contributed by atoms with Crippen molar-refractivity contribution in [2.45, 2.75) is 69.9 Å². The van der Waals surface area contributed by atoms with E-state index in [1.54, 1.807) is 18.2 Å². The van der Waals surface area contributed by atoms with Crippen LogP contribution >= 0.6 is 0 Å². The lowest BCUT2D eigenvalue weighted by Crippen LogP contribution is -2.52. The smallest absolute Gasteiger partial charge is 0.320 e. The quantitative estimate of drug-likeness (QED) is 0.483. The van der Waals surface area contributed by atoms with E-state index in [0.717, 1.165) is 25.0 Å². The standard InChI is InChI=1S/C23H30N4O4/c1-15(5-6-19-4-3-7-31-19)25(2)22(28)21-20(27(29)30)14-26(24-21)23-11-16-8-17(12-23)10-18(9-16)13-23/h3-4,7,14-18H,5-6,8-13H2,1-2H3. The van der Waals surface area contributed by atoms with Gasteiger partial charge >= 0.3 is 5.69 Å². The van der Waals surface area contributed by atoms with Gasteiger partial charge in [0.2, 0.25) is 5.69 Å². The maximum Gasteiger partial charge on any atom is 0.320 e. The largest absolute Gasteiger partial charge is 0.469 e. The van der Waals surface area contributed by atoms with Gasteiger partial charge in [-0.15, -0.1) is 0 Å². The molecular formula is C23H30N4O4. The molecule has 166 valence electrons. The van der Waals surface area contributed by atoms with Crippen LogP contribution in [0.5, 0.6) is 0 Å². The summed E-state index contributed by atoms with van der Waals surface area (Å²) in [5.41, 5.74) is -0.361. The van der Waals surface area contributed by atoms with Crippen molar-refractivity contribution in [2.75, 3.05) is 7.05 Å². The third kappa shape index (κ3) is 3.55. The average molecular weight is 427 g/mol. The van der Waals surface area contributed by atoms with Crippen LogP contribution in [0.3, 0.4) is 0 Å². The van der Waals surface area contributed by atoms with E-state index in [1.807, 2.05) is 23.7 Å². The molecule has 4 aliphatic rings. The van der Waals surface area contributed by atoms with Crippen LogP contribution < -0.4 is 0 Å². The minimum Gasteiger partial charge on any atom is -0.469 e. The van der Waals surface area contributed by atoms with Crippen molar-refractivity contribution >= 4 is 11.6 Å². The third-order valence-electron chi connectivity index (χ3n) is 7.96. The molecule has 2 heterocycles. The molecule has 0 spiro atoms. The van der Waals surface area contributed by atoms with E-state index >= 15 is 0 Å². The molecule has 6 rings (SSSR count). The monoisotopic (exact) mass is 426 g/mol. The minimum absolute atomic E-state index is 0.0342. The Morgan fingerprint density at radius 2 is 1.97 bits per heavy atom. The van der Waals surface area contributed by atoms with Crippen molar-refractivity contribution < 1.29 is 14.1 Å². The number of hydrogen-bond donors (Lipinski definition) is 0. The Morgan fingerprint density at radius 3 is 2.52 bits per heavy atom. The van der Waals surface area contributed by atoms with Crippen molar-refractivity contribution in [2.24, 2.45) is 17.8 Å². The minimum atomic E-state index is -0.460. The molecule has 2 aromatic rings. The Morgan fingerprint density at radius 1 is 1.32 bits per heavy atom. The Hall–Kier alpha value is -2.64. The summed E-state index contributed by atoms with van der Waals surface area (Å²) in [4.78, 5) is 26.2. The van der Waals surface area contributed by atoms with Gasteiger partial charge in [-0.25, -0.2) is 0 Å². The van der Waals surface area contributed by atoms with Gasteiger partial charge in [-0.05, 0) is 81.8 Å². The number of carbonyl (C=O) groups excluding carboxylic acids is 1. The maximum absolute atomic E-state index is 13.2. The zero-order valence-corrected chi connectivity index (χ0v) is 18.2. The molecule has 0 N–H and O–H groups in total. The second kappa shape index (κ2) is 7.50. The lowest BCUT2D eigenvalue weighted by atomic mass is 9.53. The number of carbonyl (C=O) groups is 1. The fraction of sp³-hybridized carbons (Fsp3) is 0.652. The molecule has 31 heavy (non-hydrogen) atoms. The number of hydrogen-bond acceptors (Lipinski definition) is 5. The van der Waals surface area contributed by atoms with Crippen LogP contribution in [0.1, 0.15) is 68.1 Å². The summed E-state index contributed by atoms with van der Waals surface area (Å²) in [6.07, 6.45) is 11.5. The maximum atomic E-state index is 13.2. The van der Waals surface area contributed by atoms with Gasteiger partial charge in [0.1, 0.15) is 12.0 Å². The summed E-state index contributed by atoms with van der Waals surface area (Å²) in [5.74, 6) is 2.56. The van der Waals surface area contributed by atoms with Crippen LogP contribution in [0.2, 0.25) is 0 Å². The van der Waals surface area contributed by atoms with Crippen LogP contribution in [0, 0.1) is 27.9 Å². The predicted molar refractivity (Wildman–Crippen MR) is 114 cm³/mol. The zero-order chi connectivity index (χ0) is 21.8. The first-order valence-electron chi connectivity index (χ1n) is 11.4. The summed E-state index contributed by atoms with van der Waals surface area (Å²) < 4.78 is 7.18. The second-order valence-electron chi connectivity index (χ2n) is 10.1. The van der Waals surface area contributed by atoms with E-state index in [2.05, 4.69) is 5.10 Å². The highest BCUT2D eigenvalue weighted by Gasteiger charge is 2.53. The number of aryl methyl sites for hydroxylation is 1. The number of nitro groups is 1. The van der Waals surface area contributed by atoms with Crippen molar-refractivity contribution in [3.63, 3.8) is 0 Å². The van der Waals surface area contributed by atoms with E-state index < -0.39 is 4.92 Å². The van der Waals surface area contributed by atoms with Gasteiger partial charge in [0.05, 0.1) is 16.7 Å². The van der Waals surface area contributed by atoms with Crippen molar-refractivity contribution in [1.29, 1.82) is 0 Å². The molecule has 8 heteroatoms. The number of nitrogens with zero attached hydrogens (tertiary/aromatic N) is 4. The molecule has 4 fully saturated rings. The van der Waals surface area contributed by atoms with Crippen molar-refractivity contribution in [1.82, 2.24) is 14.7 Å². The first-order valence-corrected chi connectivity index (χ1v) is 11.4. The van der Waals surface area contributed by atoms with Crippen LogP contribution in [-0.4, -0.2) is 38.6 Å². The molecule has 4 bridgehead atoms. The fourth-order valence-electron chi connectivity index (χ4n) is 6.61. The van der Waals surface area contributed by atoms with E-state index in [1.165, 1.54) is 25.5 Å². The van der Waals surface area contributed by atoms with E-state index in [4.69, 9.17) is 4.42 Å². The van der Waals surface area contributed by atoms with Crippen LogP contribution in [-0.2, 0) is 12.0 Å². The van der Waals surface area contributed by atoms with Gasteiger partial charge in [0.25, 0.3) is 5.91 Å². The summed E-state index contributed by atoms with van der Waals surface area (Å²) >= 11 is 0. The van der Waals surface area contributed by atoms with Gasteiger partial charge in [-0.2, -0.15) is 5.10 Å². The Bertz CT molecular complexity index is 945. The molecule has 0 aromatic carbocycles. The summed E-state index contributed by atoms with van der Waals surface area (Å²) in [6.45, 7) is 1.95. The highest BCUT2D eigenvalue weighted by Crippen LogP contribution is 2.58. The number of furan rings is 1. The van der Waals surface area contributed by atoms with E-state index in [0.29, 0.717) is 30.6 Å². The van der Waals surface area contributed by atoms with Gasteiger partial charge in [-0.3, -0.25) is 19.6 Å². The SMILES string of the molecule is CC(CCc1ccco1)N(C)C(=O)c1nn(C23CC4CC(CC(C4)C2)C3)cc1[N+](=O)[O-]. The fourth-order valence-corrected chi connectivity index (χ4v) is 6.61. The van der Waals surface area contributed by atoms with Gasteiger partial charge in [-0.1, -0.05) is 0 Å². The lowest BCUT2D eigenvalue weighted by molar-refractivity contribution is -0.385. The molecule has 0 saturated heterocycles. The summed E-state index contributed by atoms with van der Waals surface area (Å²) in [7, 11) is 1.70. The predicted octanol–water partition coefficient (Wildman–Crippen LogP) is 4.40. The molecular weight excluding hydrogens is 396 g/mol. The second-order valence-corrected chi connectivity index (χ2v) is 10.1. The number of aromatic nitrogens is 2. The number of rotatable bonds is 7. The molecule has 4 aliphatic carbocycles. The highest BCUT2D eigenvalue weighted by atomic mass is 16.6. The normalized spacial score (nSPS) is 29.8. The summed E-state index contributed by atoms with van der Waals surface area (Å²) in [5, 5.41) is 16.4. The molecule has 1 amide bonds. The topological polar surface area (TPSA) is 94.4 Å². The van der Waals surface area contributed by atoms with Gasteiger partial charge in [0.15, 0.2) is 0 Å². The van der Waals surface area contributed by atoms with E-state index in [-0.39, 0.29) is 28.9 Å². The summed E-state index contributed by atoms with van der Waals surface area (Å²) in [6, 6.07) is 3.66. The molecule has 4 saturated carbocycles. The highest BCUT2D eigenvalue weighted by molar-refractivity contribution is 5.96. The Balaban J connectivity index is 1.38. The van der Waals surface area contributed by atoms with Crippen LogP contribution in [0.15, 0.2) is 29.0 Å². The van der Waals surface area contributed by atoms with Crippen LogP contribution in [0.25, 0.3) is 0 Å². The molecule has 2 aromatic heterocycles. The molecule has 1 unspecified atom stereocenters. The number of amides is 1. The molecule has 1 atom stereocenters. The lowest BCUT2D eigenvalue weighted by Gasteiger charge is -2.56. The van der Waals surface area contributed by atoms with Crippen LogP contribution in [0.4, 0.5) is 5.69 Å². The van der Waals surface area contributed by atoms with Crippen molar-refractivity contribution in [3.05, 3.63) is 46.2 Å². The first kappa shape index (κ1) is 20.3. The van der Waals surface area contributed by atoms with Gasteiger partial charge < -0.3 is 9.32 Å². The molecule has 0 radical (unpaired) electrons. The first-order chi connectivity index (χ1) is 14.8.